The topological polar surface area (TPSA) is 41.6 Å². The van der Waals surface area contributed by atoms with Gasteiger partial charge >= 0.3 is 5.97 Å². The van der Waals surface area contributed by atoms with Crippen LogP contribution in [0.5, 0.6) is 0 Å². The molecule has 0 saturated carbocycles. The summed E-state index contributed by atoms with van der Waals surface area (Å²) >= 11 is 0. The van der Waals surface area contributed by atoms with E-state index in [0.717, 1.165) is 0 Å². The van der Waals surface area contributed by atoms with Gasteiger partial charge < -0.3 is 4.74 Å². The van der Waals surface area contributed by atoms with Crippen LogP contribution >= 0.6 is 0 Å². The molecule has 0 fully saturated rings. The highest BCUT2D eigenvalue weighted by molar-refractivity contribution is 5.90. The second-order valence-electron chi connectivity index (χ2n) is 2.83. The molecule has 1 unspecified atom stereocenters. The average Bonchev–Trinajstić information content (AvgIpc) is 2.27. The summed E-state index contributed by atoms with van der Waals surface area (Å²) in [6.07, 6.45) is 0. The minimum absolute atomic E-state index is 0.0596. The molecule has 1 aliphatic rings. The summed E-state index contributed by atoms with van der Waals surface area (Å²) in [7, 11) is 1.51. The Morgan fingerprint density at radius 2 is 2.38 bits per heavy atom. The average molecular weight is 188 g/mol. The third-order valence-corrected chi connectivity index (χ3v) is 1.83. The van der Waals surface area contributed by atoms with Gasteiger partial charge in [0.2, 0.25) is 5.95 Å². The first-order chi connectivity index (χ1) is 6.07. The molecule has 1 aliphatic heterocycles. The molecule has 0 aromatic rings. The summed E-state index contributed by atoms with van der Waals surface area (Å²) in [5, 5.41) is 1.18. The molecule has 13 heavy (non-hydrogen) atoms. The van der Waals surface area contributed by atoms with Gasteiger partial charge in [0.05, 0.1) is 12.6 Å². The Balaban J connectivity index is 2.82. The highest BCUT2D eigenvalue weighted by Crippen LogP contribution is 2.21. The predicted molar refractivity (Wildman–Crippen MR) is 45.1 cm³/mol. The predicted octanol–water partition coefficient (Wildman–Crippen LogP) is 0.569. The van der Waals surface area contributed by atoms with Crippen LogP contribution in [0.2, 0.25) is 0 Å². The standard InChI is InChI=1S/C8H13FN2O2/c1-4-13-8(12)6-5(2)10-11(3)7(6)9/h5,10H,4H2,1-3H3. The van der Waals surface area contributed by atoms with Gasteiger partial charge in [-0.25, -0.2) is 10.2 Å². The highest BCUT2D eigenvalue weighted by Gasteiger charge is 2.32. The van der Waals surface area contributed by atoms with E-state index in [-0.39, 0.29) is 18.2 Å². The molecule has 1 N–H and O–H groups in total. The Morgan fingerprint density at radius 3 is 2.77 bits per heavy atom. The molecule has 0 aromatic carbocycles. The van der Waals surface area contributed by atoms with E-state index in [0.29, 0.717) is 0 Å². The van der Waals surface area contributed by atoms with Crippen molar-refractivity contribution in [2.45, 2.75) is 19.9 Å². The Kier molecular flexibility index (Phi) is 2.87. The van der Waals surface area contributed by atoms with Crippen molar-refractivity contribution in [2.24, 2.45) is 0 Å². The molecule has 1 atom stereocenters. The number of hydrogen-bond donors (Lipinski definition) is 1. The van der Waals surface area contributed by atoms with E-state index in [1.54, 1.807) is 13.8 Å². The van der Waals surface area contributed by atoms with Crippen LogP contribution in [0.3, 0.4) is 0 Å². The van der Waals surface area contributed by atoms with Gasteiger partial charge in [-0.1, -0.05) is 0 Å². The van der Waals surface area contributed by atoms with Crippen LogP contribution in [-0.2, 0) is 9.53 Å². The Labute approximate surface area is 76.3 Å². The SMILES string of the molecule is CCOC(=O)C1=C(F)N(C)NC1C. The number of ether oxygens (including phenoxy) is 1. The lowest BCUT2D eigenvalue weighted by Gasteiger charge is -2.11. The van der Waals surface area contributed by atoms with Crippen molar-refractivity contribution in [3.05, 3.63) is 11.5 Å². The van der Waals surface area contributed by atoms with Gasteiger partial charge in [-0.2, -0.15) is 4.39 Å². The summed E-state index contributed by atoms with van der Waals surface area (Å²) in [4.78, 5) is 11.2. The van der Waals surface area contributed by atoms with E-state index < -0.39 is 11.9 Å². The maximum absolute atomic E-state index is 13.2. The molecule has 1 rings (SSSR count). The zero-order chi connectivity index (χ0) is 10.0. The second-order valence-corrected chi connectivity index (χ2v) is 2.83. The molecule has 0 saturated heterocycles. The van der Waals surface area contributed by atoms with Gasteiger partial charge in [0.1, 0.15) is 5.57 Å². The number of halogens is 1. The Bertz CT molecular complexity index is 253. The van der Waals surface area contributed by atoms with Crippen LogP contribution in [0, 0.1) is 0 Å². The fraction of sp³-hybridized carbons (Fsp3) is 0.625. The van der Waals surface area contributed by atoms with Gasteiger partial charge in [0.25, 0.3) is 0 Å². The van der Waals surface area contributed by atoms with Gasteiger partial charge in [-0.15, -0.1) is 0 Å². The van der Waals surface area contributed by atoms with E-state index in [4.69, 9.17) is 4.74 Å². The molecule has 0 spiro atoms. The van der Waals surface area contributed by atoms with Gasteiger partial charge in [-0.05, 0) is 13.8 Å². The lowest BCUT2D eigenvalue weighted by molar-refractivity contribution is -0.138. The first-order valence-electron chi connectivity index (χ1n) is 4.14. The van der Waals surface area contributed by atoms with Crippen LogP contribution in [0.4, 0.5) is 4.39 Å². The molecule has 0 aromatic heterocycles. The summed E-state index contributed by atoms with van der Waals surface area (Å²) in [6.45, 7) is 3.65. The second kappa shape index (κ2) is 3.74. The molecule has 4 nitrogen and oxygen atoms in total. The van der Waals surface area contributed by atoms with Crippen LogP contribution in [0.15, 0.2) is 11.5 Å². The minimum atomic E-state index is -0.593. The van der Waals surface area contributed by atoms with Crippen molar-refractivity contribution in [2.75, 3.05) is 13.7 Å². The number of rotatable bonds is 2. The Hall–Kier alpha value is -1.10. The van der Waals surface area contributed by atoms with E-state index in [1.807, 2.05) is 0 Å². The highest BCUT2D eigenvalue weighted by atomic mass is 19.1. The summed E-state index contributed by atoms with van der Waals surface area (Å²) in [6, 6.07) is -0.330. The number of carbonyl (C=O) groups is 1. The molecule has 5 heteroatoms. The summed E-state index contributed by atoms with van der Waals surface area (Å²) in [5.74, 6) is -1.16. The van der Waals surface area contributed by atoms with Crippen molar-refractivity contribution >= 4 is 5.97 Å². The molecule has 0 radical (unpaired) electrons. The molecular formula is C8H13FN2O2. The molecule has 0 aliphatic carbocycles. The van der Waals surface area contributed by atoms with Crippen molar-refractivity contribution in [1.29, 1.82) is 0 Å². The van der Waals surface area contributed by atoms with Crippen LogP contribution in [0.25, 0.3) is 0 Å². The van der Waals surface area contributed by atoms with Gasteiger partial charge in [-0.3, -0.25) is 5.01 Å². The minimum Gasteiger partial charge on any atom is -0.462 e. The molecule has 0 amide bonds. The molecule has 0 bridgehead atoms. The van der Waals surface area contributed by atoms with Crippen molar-refractivity contribution in [1.82, 2.24) is 10.4 Å². The van der Waals surface area contributed by atoms with Gasteiger partial charge in [0.15, 0.2) is 0 Å². The maximum atomic E-state index is 13.2. The number of nitrogens with one attached hydrogen (secondary N) is 1. The number of carbonyl (C=O) groups excluding carboxylic acids is 1. The lowest BCUT2D eigenvalue weighted by Crippen LogP contribution is -2.33. The fourth-order valence-electron chi connectivity index (χ4n) is 1.24. The smallest absolute Gasteiger partial charge is 0.340 e. The largest absolute Gasteiger partial charge is 0.462 e. The first kappa shape index (κ1) is 9.98. The Morgan fingerprint density at radius 1 is 1.77 bits per heavy atom. The van der Waals surface area contributed by atoms with E-state index in [2.05, 4.69) is 5.43 Å². The van der Waals surface area contributed by atoms with Gasteiger partial charge in [0, 0.05) is 7.05 Å². The molecular weight excluding hydrogens is 175 g/mol. The van der Waals surface area contributed by atoms with Crippen molar-refractivity contribution < 1.29 is 13.9 Å². The summed E-state index contributed by atoms with van der Waals surface area (Å²) in [5.41, 5.74) is 2.80. The van der Waals surface area contributed by atoms with E-state index in [1.165, 1.54) is 12.1 Å². The van der Waals surface area contributed by atoms with Crippen LogP contribution < -0.4 is 5.43 Å². The number of hydrazine groups is 1. The number of esters is 1. The normalized spacial score (nSPS) is 22.5. The van der Waals surface area contributed by atoms with E-state index >= 15 is 0 Å². The van der Waals surface area contributed by atoms with E-state index in [9.17, 15) is 9.18 Å². The zero-order valence-corrected chi connectivity index (χ0v) is 7.93. The maximum Gasteiger partial charge on any atom is 0.340 e. The number of hydrogen-bond acceptors (Lipinski definition) is 4. The lowest BCUT2D eigenvalue weighted by atomic mass is 10.1. The quantitative estimate of drug-likeness (QED) is 0.508. The third kappa shape index (κ3) is 1.80. The monoisotopic (exact) mass is 188 g/mol. The molecule has 74 valence electrons. The zero-order valence-electron chi connectivity index (χ0n) is 7.93. The summed E-state index contributed by atoms with van der Waals surface area (Å²) < 4.78 is 18.0. The van der Waals surface area contributed by atoms with Crippen molar-refractivity contribution in [3.8, 4) is 0 Å². The first-order valence-corrected chi connectivity index (χ1v) is 4.14. The van der Waals surface area contributed by atoms with Crippen LogP contribution in [-0.4, -0.2) is 30.7 Å². The van der Waals surface area contributed by atoms with Crippen molar-refractivity contribution in [3.63, 3.8) is 0 Å². The molecule has 1 heterocycles. The third-order valence-electron chi connectivity index (χ3n) is 1.83. The number of nitrogens with zero attached hydrogens (tertiary/aromatic N) is 1. The van der Waals surface area contributed by atoms with Crippen LogP contribution in [0.1, 0.15) is 13.8 Å². The fourth-order valence-corrected chi connectivity index (χ4v) is 1.24.